The largest absolute Gasteiger partial charge is 0.356 e. The van der Waals surface area contributed by atoms with Crippen molar-refractivity contribution in [1.82, 2.24) is 10.0 Å². The lowest BCUT2D eigenvalue weighted by Gasteiger charge is -2.17. The molecular weight excluding hydrogens is 254 g/mol. The standard InChI is InChI=1S/C11H23N3O3S/c1-18(16,17)14-7-3-6-13-11(15)10-5-2-4-9(10)8-12/h9-10,14H,2-8,12H2,1H3,(H,13,15). The summed E-state index contributed by atoms with van der Waals surface area (Å²) in [5.74, 6) is 0.402. The maximum atomic E-state index is 11.9. The summed E-state index contributed by atoms with van der Waals surface area (Å²) in [7, 11) is -3.13. The van der Waals surface area contributed by atoms with Crippen molar-refractivity contribution in [3.63, 3.8) is 0 Å². The van der Waals surface area contributed by atoms with Crippen molar-refractivity contribution >= 4 is 15.9 Å². The van der Waals surface area contributed by atoms with Crippen molar-refractivity contribution in [2.24, 2.45) is 17.6 Å². The molecule has 1 aliphatic carbocycles. The zero-order chi connectivity index (χ0) is 13.6. The van der Waals surface area contributed by atoms with Gasteiger partial charge in [-0.1, -0.05) is 6.42 Å². The Morgan fingerprint density at radius 2 is 2.06 bits per heavy atom. The minimum atomic E-state index is -3.13. The van der Waals surface area contributed by atoms with Gasteiger partial charge in [-0.05, 0) is 31.7 Å². The first-order valence-corrected chi connectivity index (χ1v) is 8.25. The second-order valence-electron chi connectivity index (χ2n) is 4.84. The van der Waals surface area contributed by atoms with Gasteiger partial charge in [0.2, 0.25) is 15.9 Å². The Morgan fingerprint density at radius 3 is 2.67 bits per heavy atom. The molecule has 4 N–H and O–H groups in total. The van der Waals surface area contributed by atoms with Gasteiger partial charge in [-0.15, -0.1) is 0 Å². The van der Waals surface area contributed by atoms with Crippen LogP contribution in [-0.2, 0) is 14.8 Å². The van der Waals surface area contributed by atoms with Gasteiger partial charge in [-0.2, -0.15) is 0 Å². The molecule has 18 heavy (non-hydrogen) atoms. The number of sulfonamides is 1. The topological polar surface area (TPSA) is 101 Å². The van der Waals surface area contributed by atoms with E-state index in [0.717, 1.165) is 25.5 Å². The van der Waals surface area contributed by atoms with Crippen LogP contribution in [0.15, 0.2) is 0 Å². The summed E-state index contributed by atoms with van der Waals surface area (Å²) >= 11 is 0. The molecule has 1 amide bonds. The maximum absolute atomic E-state index is 11.9. The summed E-state index contributed by atoms with van der Waals surface area (Å²) in [5.41, 5.74) is 5.63. The minimum Gasteiger partial charge on any atom is -0.356 e. The van der Waals surface area contributed by atoms with E-state index in [0.29, 0.717) is 32.0 Å². The average molecular weight is 277 g/mol. The van der Waals surface area contributed by atoms with E-state index >= 15 is 0 Å². The molecule has 1 rings (SSSR count). The molecule has 0 radical (unpaired) electrons. The molecular formula is C11H23N3O3S. The molecule has 0 saturated heterocycles. The molecule has 6 nitrogen and oxygen atoms in total. The van der Waals surface area contributed by atoms with Crippen molar-refractivity contribution in [3.8, 4) is 0 Å². The number of hydrogen-bond donors (Lipinski definition) is 3. The zero-order valence-electron chi connectivity index (χ0n) is 10.8. The molecule has 106 valence electrons. The molecule has 0 aromatic carbocycles. The Hall–Kier alpha value is -0.660. The van der Waals surface area contributed by atoms with Gasteiger partial charge < -0.3 is 11.1 Å². The monoisotopic (exact) mass is 277 g/mol. The number of amides is 1. The van der Waals surface area contributed by atoms with Crippen LogP contribution in [0.5, 0.6) is 0 Å². The Labute approximate surface area is 109 Å². The summed E-state index contributed by atoms with van der Waals surface area (Å²) in [6.45, 7) is 1.41. The molecule has 7 heteroatoms. The van der Waals surface area contributed by atoms with Gasteiger partial charge in [0.05, 0.1) is 6.26 Å². The average Bonchev–Trinajstić information content (AvgIpc) is 2.74. The highest BCUT2D eigenvalue weighted by Gasteiger charge is 2.31. The van der Waals surface area contributed by atoms with Crippen LogP contribution in [0.25, 0.3) is 0 Å². The van der Waals surface area contributed by atoms with Gasteiger partial charge in [0.25, 0.3) is 0 Å². The van der Waals surface area contributed by atoms with Crippen molar-refractivity contribution in [1.29, 1.82) is 0 Å². The highest BCUT2D eigenvalue weighted by molar-refractivity contribution is 7.88. The summed E-state index contributed by atoms with van der Waals surface area (Å²) < 4.78 is 24.0. The van der Waals surface area contributed by atoms with Gasteiger partial charge in [-0.3, -0.25) is 4.79 Å². The molecule has 2 unspecified atom stereocenters. The number of nitrogens with one attached hydrogen (secondary N) is 2. The van der Waals surface area contributed by atoms with Crippen LogP contribution in [-0.4, -0.2) is 40.2 Å². The third-order valence-electron chi connectivity index (χ3n) is 3.32. The van der Waals surface area contributed by atoms with E-state index in [1.807, 2.05) is 0 Å². The van der Waals surface area contributed by atoms with Crippen LogP contribution >= 0.6 is 0 Å². The van der Waals surface area contributed by atoms with E-state index in [9.17, 15) is 13.2 Å². The molecule has 0 aromatic rings. The molecule has 0 bridgehead atoms. The molecule has 0 aliphatic heterocycles. The molecule has 2 atom stereocenters. The Kier molecular flexibility index (Phi) is 6.04. The van der Waals surface area contributed by atoms with Crippen molar-refractivity contribution in [2.45, 2.75) is 25.7 Å². The predicted octanol–water partition coefficient (Wildman–Crippen LogP) is -0.583. The Morgan fingerprint density at radius 1 is 1.33 bits per heavy atom. The van der Waals surface area contributed by atoms with Gasteiger partial charge in [-0.25, -0.2) is 13.1 Å². The van der Waals surface area contributed by atoms with Gasteiger partial charge >= 0.3 is 0 Å². The van der Waals surface area contributed by atoms with Gasteiger partial charge in [0, 0.05) is 19.0 Å². The fourth-order valence-corrected chi connectivity index (χ4v) is 2.87. The lowest BCUT2D eigenvalue weighted by atomic mass is 9.95. The Balaban J connectivity index is 2.17. The van der Waals surface area contributed by atoms with Crippen LogP contribution < -0.4 is 15.8 Å². The van der Waals surface area contributed by atoms with E-state index in [1.165, 1.54) is 0 Å². The number of rotatable bonds is 7. The van der Waals surface area contributed by atoms with Crippen LogP contribution in [0, 0.1) is 11.8 Å². The SMILES string of the molecule is CS(=O)(=O)NCCCNC(=O)C1CCCC1CN. The lowest BCUT2D eigenvalue weighted by Crippen LogP contribution is -2.36. The van der Waals surface area contributed by atoms with E-state index in [1.54, 1.807) is 0 Å². The summed E-state index contributed by atoms with van der Waals surface area (Å²) in [4.78, 5) is 11.9. The molecule has 0 heterocycles. The van der Waals surface area contributed by atoms with Crippen LogP contribution in [0.3, 0.4) is 0 Å². The predicted molar refractivity (Wildman–Crippen MR) is 70.4 cm³/mol. The second-order valence-corrected chi connectivity index (χ2v) is 6.68. The molecule has 1 fully saturated rings. The third kappa shape index (κ3) is 5.32. The molecule has 0 aromatic heterocycles. The van der Waals surface area contributed by atoms with Crippen molar-refractivity contribution < 1.29 is 13.2 Å². The normalized spacial score (nSPS) is 24.1. The number of carbonyl (C=O) groups is 1. The fourth-order valence-electron chi connectivity index (χ4n) is 2.35. The number of nitrogens with two attached hydrogens (primary N) is 1. The van der Waals surface area contributed by atoms with E-state index in [-0.39, 0.29) is 11.8 Å². The lowest BCUT2D eigenvalue weighted by molar-refractivity contribution is -0.125. The molecule has 1 saturated carbocycles. The first-order chi connectivity index (χ1) is 8.44. The molecule has 0 spiro atoms. The van der Waals surface area contributed by atoms with Crippen molar-refractivity contribution in [2.75, 3.05) is 25.9 Å². The number of carbonyl (C=O) groups excluding carboxylic acids is 1. The zero-order valence-corrected chi connectivity index (χ0v) is 11.6. The Bertz CT molecular complexity index is 370. The van der Waals surface area contributed by atoms with E-state index in [2.05, 4.69) is 10.0 Å². The van der Waals surface area contributed by atoms with E-state index in [4.69, 9.17) is 5.73 Å². The van der Waals surface area contributed by atoms with Crippen LogP contribution in [0.2, 0.25) is 0 Å². The van der Waals surface area contributed by atoms with Crippen LogP contribution in [0.1, 0.15) is 25.7 Å². The van der Waals surface area contributed by atoms with Gasteiger partial charge in [0.1, 0.15) is 0 Å². The first kappa shape index (κ1) is 15.4. The second kappa shape index (κ2) is 7.06. The maximum Gasteiger partial charge on any atom is 0.223 e. The highest BCUT2D eigenvalue weighted by atomic mass is 32.2. The minimum absolute atomic E-state index is 0.0397. The summed E-state index contributed by atoms with van der Waals surface area (Å²) in [6, 6.07) is 0. The third-order valence-corrected chi connectivity index (χ3v) is 4.04. The summed E-state index contributed by atoms with van der Waals surface area (Å²) in [6.07, 6.45) is 4.73. The fraction of sp³-hybridized carbons (Fsp3) is 0.909. The quantitative estimate of drug-likeness (QED) is 0.542. The van der Waals surface area contributed by atoms with Crippen LogP contribution in [0.4, 0.5) is 0 Å². The van der Waals surface area contributed by atoms with Crippen molar-refractivity contribution in [3.05, 3.63) is 0 Å². The highest BCUT2D eigenvalue weighted by Crippen LogP contribution is 2.30. The molecule has 1 aliphatic rings. The first-order valence-electron chi connectivity index (χ1n) is 6.36. The van der Waals surface area contributed by atoms with Gasteiger partial charge in [0.15, 0.2) is 0 Å². The summed E-state index contributed by atoms with van der Waals surface area (Å²) in [5, 5.41) is 2.85. The number of hydrogen-bond acceptors (Lipinski definition) is 4. The van der Waals surface area contributed by atoms with E-state index < -0.39 is 10.0 Å². The smallest absolute Gasteiger partial charge is 0.223 e.